The van der Waals surface area contributed by atoms with Crippen LogP contribution in [0, 0.1) is 6.92 Å². The van der Waals surface area contributed by atoms with Crippen molar-refractivity contribution in [3.63, 3.8) is 0 Å². The average molecular weight is 380 g/mol. The van der Waals surface area contributed by atoms with Crippen LogP contribution < -0.4 is 10.2 Å². The summed E-state index contributed by atoms with van der Waals surface area (Å²) in [5.41, 5.74) is 0.380. The van der Waals surface area contributed by atoms with Gasteiger partial charge in [0.2, 0.25) is 0 Å². The molecule has 27 heavy (non-hydrogen) atoms. The molecule has 1 amide bonds. The molecule has 9 heteroatoms. The standard InChI is InChI=1S/C18H19F3N4O2/c1-12-10-15(18(19,20)21)24-16(23-12)11-22-17(26)13-4-2-3-5-14(13)25-6-8-27-9-7-25/h2-5,10H,6-9,11H2,1H3,(H,22,26). The Kier molecular flexibility index (Phi) is 5.59. The van der Waals surface area contributed by atoms with Gasteiger partial charge in [-0.1, -0.05) is 12.1 Å². The first-order valence-corrected chi connectivity index (χ1v) is 8.46. The molecule has 1 fully saturated rings. The number of morpholine rings is 1. The van der Waals surface area contributed by atoms with E-state index in [1.54, 1.807) is 12.1 Å². The van der Waals surface area contributed by atoms with Gasteiger partial charge in [-0.3, -0.25) is 4.79 Å². The number of hydrogen-bond acceptors (Lipinski definition) is 5. The molecule has 1 aliphatic heterocycles. The molecule has 0 aliphatic carbocycles. The van der Waals surface area contributed by atoms with Crippen LogP contribution in [-0.4, -0.2) is 42.2 Å². The van der Waals surface area contributed by atoms with Crippen molar-refractivity contribution in [1.82, 2.24) is 15.3 Å². The number of ether oxygens (including phenoxy) is 1. The minimum atomic E-state index is -4.56. The van der Waals surface area contributed by atoms with E-state index in [4.69, 9.17) is 4.74 Å². The lowest BCUT2D eigenvalue weighted by molar-refractivity contribution is -0.141. The molecule has 0 saturated carbocycles. The number of benzene rings is 1. The van der Waals surface area contributed by atoms with Crippen molar-refractivity contribution >= 4 is 11.6 Å². The number of nitrogens with one attached hydrogen (secondary N) is 1. The van der Waals surface area contributed by atoms with Crippen LogP contribution in [0.1, 0.15) is 27.6 Å². The molecule has 1 aromatic heterocycles. The average Bonchev–Trinajstić information content (AvgIpc) is 2.66. The van der Waals surface area contributed by atoms with Crippen molar-refractivity contribution in [3.05, 3.63) is 53.1 Å². The lowest BCUT2D eigenvalue weighted by Crippen LogP contribution is -2.38. The molecule has 3 rings (SSSR count). The second-order valence-corrected chi connectivity index (χ2v) is 6.11. The van der Waals surface area contributed by atoms with Gasteiger partial charge in [0, 0.05) is 24.5 Å². The number of alkyl halides is 3. The number of nitrogens with zero attached hydrogens (tertiary/aromatic N) is 3. The first-order valence-electron chi connectivity index (χ1n) is 8.46. The second-order valence-electron chi connectivity index (χ2n) is 6.11. The van der Waals surface area contributed by atoms with Gasteiger partial charge in [0.25, 0.3) is 5.91 Å². The Morgan fingerprint density at radius 2 is 1.93 bits per heavy atom. The topological polar surface area (TPSA) is 67.4 Å². The third kappa shape index (κ3) is 4.73. The van der Waals surface area contributed by atoms with E-state index < -0.39 is 17.8 Å². The number of carbonyl (C=O) groups is 1. The highest BCUT2D eigenvalue weighted by Gasteiger charge is 2.33. The van der Waals surface area contributed by atoms with Gasteiger partial charge in [-0.05, 0) is 25.1 Å². The van der Waals surface area contributed by atoms with E-state index >= 15 is 0 Å². The van der Waals surface area contributed by atoms with E-state index in [1.807, 2.05) is 17.0 Å². The minimum absolute atomic E-state index is 0.0838. The number of halogens is 3. The lowest BCUT2D eigenvalue weighted by Gasteiger charge is -2.30. The fourth-order valence-corrected chi connectivity index (χ4v) is 2.85. The van der Waals surface area contributed by atoms with Crippen molar-refractivity contribution < 1.29 is 22.7 Å². The van der Waals surface area contributed by atoms with Gasteiger partial charge in [0.1, 0.15) is 11.5 Å². The van der Waals surface area contributed by atoms with Crippen molar-refractivity contribution in [2.24, 2.45) is 0 Å². The molecule has 144 valence electrons. The first kappa shape index (κ1) is 19.1. The monoisotopic (exact) mass is 380 g/mol. The molecule has 0 radical (unpaired) electrons. The van der Waals surface area contributed by atoms with Crippen LogP contribution in [0.15, 0.2) is 30.3 Å². The molecule has 1 aromatic carbocycles. The normalized spacial score (nSPS) is 14.9. The Labute approximate surface area is 154 Å². The van der Waals surface area contributed by atoms with Crippen LogP contribution in [0.4, 0.5) is 18.9 Å². The summed E-state index contributed by atoms with van der Waals surface area (Å²) in [7, 11) is 0. The summed E-state index contributed by atoms with van der Waals surface area (Å²) in [6.07, 6.45) is -4.56. The predicted octanol–water partition coefficient (Wildman–Crippen LogP) is 2.57. The van der Waals surface area contributed by atoms with E-state index in [0.717, 1.165) is 11.8 Å². The zero-order valence-electron chi connectivity index (χ0n) is 14.7. The fraction of sp³-hybridized carbons (Fsp3) is 0.389. The van der Waals surface area contributed by atoms with Crippen molar-refractivity contribution in [2.75, 3.05) is 31.2 Å². The van der Waals surface area contributed by atoms with Crippen LogP contribution in [0.2, 0.25) is 0 Å². The Balaban J connectivity index is 1.74. The Morgan fingerprint density at radius 1 is 1.22 bits per heavy atom. The van der Waals surface area contributed by atoms with E-state index in [1.165, 1.54) is 6.92 Å². The van der Waals surface area contributed by atoms with Crippen molar-refractivity contribution in [3.8, 4) is 0 Å². The van der Waals surface area contributed by atoms with Gasteiger partial charge in [0.05, 0.1) is 25.3 Å². The third-order valence-corrected chi connectivity index (χ3v) is 4.10. The number of aryl methyl sites for hydroxylation is 1. The van der Waals surface area contributed by atoms with Crippen LogP contribution in [-0.2, 0) is 17.5 Å². The maximum atomic E-state index is 12.9. The highest BCUT2D eigenvalue weighted by molar-refractivity contribution is 5.99. The summed E-state index contributed by atoms with van der Waals surface area (Å²) in [5, 5.41) is 2.61. The molecule has 1 N–H and O–H groups in total. The van der Waals surface area contributed by atoms with Crippen LogP contribution in [0.5, 0.6) is 0 Å². The molecule has 0 spiro atoms. The number of amides is 1. The predicted molar refractivity (Wildman–Crippen MR) is 92.4 cm³/mol. The number of carbonyl (C=O) groups excluding carboxylic acids is 1. The van der Waals surface area contributed by atoms with Crippen LogP contribution in [0.25, 0.3) is 0 Å². The largest absolute Gasteiger partial charge is 0.433 e. The van der Waals surface area contributed by atoms with E-state index in [9.17, 15) is 18.0 Å². The second kappa shape index (κ2) is 7.91. The highest BCUT2D eigenvalue weighted by atomic mass is 19.4. The van der Waals surface area contributed by atoms with Crippen molar-refractivity contribution in [2.45, 2.75) is 19.6 Å². The van der Waals surface area contributed by atoms with E-state index in [0.29, 0.717) is 31.9 Å². The van der Waals surface area contributed by atoms with Crippen molar-refractivity contribution in [1.29, 1.82) is 0 Å². The lowest BCUT2D eigenvalue weighted by atomic mass is 10.1. The first-order chi connectivity index (χ1) is 12.8. The summed E-state index contributed by atoms with van der Waals surface area (Å²) in [6, 6.07) is 7.97. The van der Waals surface area contributed by atoms with E-state index in [2.05, 4.69) is 15.3 Å². The molecule has 1 aliphatic rings. The number of anilines is 1. The van der Waals surface area contributed by atoms with Gasteiger partial charge in [-0.15, -0.1) is 0 Å². The summed E-state index contributed by atoms with van der Waals surface area (Å²) in [5.74, 6) is -0.477. The Morgan fingerprint density at radius 3 is 2.63 bits per heavy atom. The third-order valence-electron chi connectivity index (χ3n) is 4.10. The summed E-state index contributed by atoms with van der Waals surface area (Å²) >= 11 is 0. The minimum Gasteiger partial charge on any atom is -0.378 e. The summed E-state index contributed by atoms with van der Waals surface area (Å²) in [4.78, 5) is 22.1. The Hall–Kier alpha value is -2.68. The molecule has 2 heterocycles. The highest BCUT2D eigenvalue weighted by Crippen LogP contribution is 2.27. The molecule has 2 aromatic rings. The van der Waals surface area contributed by atoms with Gasteiger partial charge < -0.3 is 15.0 Å². The van der Waals surface area contributed by atoms with Gasteiger partial charge in [0.15, 0.2) is 0 Å². The number of rotatable bonds is 4. The molecule has 6 nitrogen and oxygen atoms in total. The number of para-hydroxylation sites is 1. The van der Waals surface area contributed by atoms with Crippen LogP contribution in [0.3, 0.4) is 0 Å². The van der Waals surface area contributed by atoms with Crippen LogP contribution >= 0.6 is 0 Å². The molecule has 0 unspecified atom stereocenters. The zero-order chi connectivity index (χ0) is 19.4. The van der Waals surface area contributed by atoms with Gasteiger partial charge in [-0.2, -0.15) is 13.2 Å². The maximum Gasteiger partial charge on any atom is 0.433 e. The van der Waals surface area contributed by atoms with Gasteiger partial charge in [-0.25, -0.2) is 9.97 Å². The zero-order valence-corrected chi connectivity index (χ0v) is 14.7. The Bertz CT molecular complexity index is 820. The molecule has 0 atom stereocenters. The fourth-order valence-electron chi connectivity index (χ4n) is 2.85. The molecular weight excluding hydrogens is 361 g/mol. The number of aromatic nitrogens is 2. The molecular formula is C18H19F3N4O2. The quantitative estimate of drug-likeness (QED) is 0.883. The maximum absolute atomic E-state index is 12.9. The smallest absolute Gasteiger partial charge is 0.378 e. The SMILES string of the molecule is Cc1cc(C(F)(F)F)nc(CNC(=O)c2ccccc2N2CCOCC2)n1. The molecule has 1 saturated heterocycles. The molecule has 0 bridgehead atoms. The number of hydrogen-bond donors (Lipinski definition) is 1. The summed E-state index contributed by atoms with van der Waals surface area (Å²) in [6.45, 7) is 3.75. The van der Waals surface area contributed by atoms with E-state index in [-0.39, 0.29) is 18.1 Å². The summed E-state index contributed by atoms with van der Waals surface area (Å²) < 4.78 is 44.0. The van der Waals surface area contributed by atoms with Gasteiger partial charge >= 0.3 is 6.18 Å².